The van der Waals surface area contributed by atoms with Gasteiger partial charge in [0.1, 0.15) is 30.2 Å². The number of benzene rings is 1. The van der Waals surface area contributed by atoms with E-state index in [-0.39, 0.29) is 0 Å². The van der Waals surface area contributed by atoms with Crippen molar-refractivity contribution in [2.75, 3.05) is 26.2 Å². The summed E-state index contributed by atoms with van der Waals surface area (Å²) < 4.78 is 11.4. The monoisotopic (exact) mass is 408 g/mol. The number of H-pyrrole nitrogens is 1. The molecule has 1 aromatic heterocycles. The highest BCUT2D eigenvalue weighted by Crippen LogP contribution is 2.32. The Labute approximate surface area is 170 Å². The van der Waals surface area contributed by atoms with Crippen LogP contribution in [-0.4, -0.2) is 87.3 Å². The van der Waals surface area contributed by atoms with Crippen molar-refractivity contribution in [2.24, 2.45) is 0 Å². The second-order valence-electron chi connectivity index (χ2n) is 7.49. The second kappa shape index (κ2) is 9.88. The number of likely N-dealkylation sites (N-methyl/N-ethyl adjacent to an activating group) is 1. The van der Waals surface area contributed by atoms with Gasteiger partial charge in [-0.25, -0.2) is 0 Å². The van der Waals surface area contributed by atoms with E-state index in [0.717, 1.165) is 48.9 Å². The summed E-state index contributed by atoms with van der Waals surface area (Å²) in [6.45, 7) is 6.79. The second-order valence-corrected chi connectivity index (χ2v) is 7.49. The molecule has 1 aliphatic heterocycles. The number of aliphatic hydroxyl groups is 4. The van der Waals surface area contributed by atoms with Crippen LogP contribution < -0.4 is 4.74 Å². The lowest BCUT2D eigenvalue weighted by molar-refractivity contribution is -0.277. The maximum absolute atomic E-state index is 10.3. The Kier molecular flexibility index (Phi) is 7.50. The predicted octanol–water partition coefficient (Wildman–Crippen LogP) is 0.621. The van der Waals surface area contributed by atoms with Crippen molar-refractivity contribution >= 4 is 10.9 Å². The summed E-state index contributed by atoms with van der Waals surface area (Å²) >= 11 is 0. The smallest absolute Gasteiger partial charge is 0.229 e. The molecule has 5 N–H and O–H groups in total. The van der Waals surface area contributed by atoms with Gasteiger partial charge in [-0.15, -0.1) is 0 Å². The third-order valence-corrected chi connectivity index (χ3v) is 5.53. The van der Waals surface area contributed by atoms with Gasteiger partial charge in [0.2, 0.25) is 6.29 Å². The molecule has 29 heavy (non-hydrogen) atoms. The average Bonchev–Trinajstić information content (AvgIpc) is 3.15. The Morgan fingerprint density at radius 2 is 1.90 bits per heavy atom. The van der Waals surface area contributed by atoms with Gasteiger partial charge in [-0.1, -0.05) is 19.9 Å². The van der Waals surface area contributed by atoms with Crippen molar-refractivity contribution in [1.29, 1.82) is 0 Å². The Hall–Kier alpha value is -1.68. The molecule has 0 bridgehead atoms. The third-order valence-electron chi connectivity index (χ3n) is 5.53. The number of aromatic amines is 1. The van der Waals surface area contributed by atoms with Crippen LogP contribution in [0, 0.1) is 0 Å². The minimum atomic E-state index is -1.47. The fourth-order valence-electron chi connectivity index (χ4n) is 3.83. The van der Waals surface area contributed by atoms with Crippen molar-refractivity contribution in [2.45, 2.75) is 57.4 Å². The lowest BCUT2D eigenvalue weighted by Gasteiger charge is -2.39. The highest BCUT2D eigenvalue weighted by molar-refractivity contribution is 5.89. The normalized spacial score (nSPS) is 27.6. The van der Waals surface area contributed by atoms with Crippen LogP contribution >= 0.6 is 0 Å². The summed E-state index contributed by atoms with van der Waals surface area (Å²) in [4.78, 5) is 5.64. The summed E-state index contributed by atoms with van der Waals surface area (Å²) in [5.41, 5.74) is 2.00. The molecule has 0 saturated carbocycles. The van der Waals surface area contributed by atoms with E-state index in [9.17, 15) is 20.4 Å². The molecular weight excluding hydrogens is 376 g/mol. The molecule has 1 saturated heterocycles. The number of aliphatic hydroxyl groups excluding tert-OH is 4. The van der Waals surface area contributed by atoms with Gasteiger partial charge in [-0.3, -0.25) is 0 Å². The molecule has 0 radical (unpaired) electrons. The average molecular weight is 408 g/mol. The first-order valence-corrected chi connectivity index (χ1v) is 10.3. The lowest BCUT2D eigenvalue weighted by Crippen LogP contribution is -2.60. The number of ether oxygens (including phenoxy) is 2. The minimum Gasteiger partial charge on any atom is -0.461 e. The number of fused-ring (bicyclic) bond motifs is 1. The Morgan fingerprint density at radius 3 is 2.59 bits per heavy atom. The van der Waals surface area contributed by atoms with Crippen LogP contribution in [0.1, 0.15) is 25.8 Å². The van der Waals surface area contributed by atoms with Crippen LogP contribution in [0.4, 0.5) is 0 Å². The van der Waals surface area contributed by atoms with Gasteiger partial charge in [-0.05, 0) is 43.6 Å². The van der Waals surface area contributed by atoms with Gasteiger partial charge in [-0.2, -0.15) is 0 Å². The lowest BCUT2D eigenvalue weighted by atomic mass is 9.99. The van der Waals surface area contributed by atoms with Gasteiger partial charge < -0.3 is 39.8 Å². The van der Waals surface area contributed by atoms with E-state index in [1.165, 1.54) is 0 Å². The van der Waals surface area contributed by atoms with Crippen molar-refractivity contribution in [3.8, 4) is 5.75 Å². The van der Waals surface area contributed by atoms with Gasteiger partial charge >= 0.3 is 0 Å². The summed E-state index contributed by atoms with van der Waals surface area (Å²) in [5, 5.41) is 40.5. The van der Waals surface area contributed by atoms with Gasteiger partial charge in [0, 0.05) is 23.6 Å². The Morgan fingerprint density at radius 1 is 1.10 bits per heavy atom. The van der Waals surface area contributed by atoms with Crippen LogP contribution in [0.3, 0.4) is 0 Å². The summed E-state index contributed by atoms with van der Waals surface area (Å²) in [5.74, 6) is 0.515. The molecule has 1 aliphatic rings. The maximum atomic E-state index is 10.3. The molecule has 1 unspecified atom stereocenters. The topological polar surface area (TPSA) is 118 Å². The van der Waals surface area contributed by atoms with Gasteiger partial charge in [0.15, 0.2) is 0 Å². The van der Waals surface area contributed by atoms with Gasteiger partial charge in [0.05, 0.1) is 6.61 Å². The summed E-state index contributed by atoms with van der Waals surface area (Å²) in [6, 6.07) is 5.56. The molecule has 0 amide bonds. The first-order valence-electron chi connectivity index (χ1n) is 10.3. The zero-order chi connectivity index (χ0) is 21.0. The molecule has 3 rings (SSSR count). The quantitative estimate of drug-likeness (QED) is 0.413. The fraction of sp³-hybridized carbons (Fsp3) is 0.619. The molecule has 162 valence electrons. The molecule has 0 aliphatic carbocycles. The van der Waals surface area contributed by atoms with E-state index in [4.69, 9.17) is 9.47 Å². The number of rotatable bonds is 9. The highest BCUT2D eigenvalue weighted by Gasteiger charge is 2.44. The number of hydrogen-bond donors (Lipinski definition) is 5. The first kappa shape index (κ1) is 22.0. The van der Waals surface area contributed by atoms with E-state index in [2.05, 4.69) is 23.7 Å². The SMILES string of the molecule is CCCN(CC)CCc1c[nH]c2cccc(OC3O[C@H](CO)[C@@H](O)[C@H](O)[C@H]3O)c12. The summed E-state index contributed by atoms with van der Waals surface area (Å²) in [6.07, 6.45) is -2.62. The Balaban J connectivity index is 1.81. The van der Waals surface area contributed by atoms with Crippen molar-refractivity contribution in [3.05, 3.63) is 30.0 Å². The highest BCUT2D eigenvalue weighted by atomic mass is 16.7. The Bertz CT molecular complexity index is 780. The van der Waals surface area contributed by atoms with Gasteiger partial charge in [0.25, 0.3) is 0 Å². The number of aromatic nitrogens is 1. The first-order chi connectivity index (χ1) is 14.0. The van der Waals surface area contributed by atoms with E-state index in [0.29, 0.717) is 5.75 Å². The molecular formula is C21H32N2O6. The number of hydrogen-bond acceptors (Lipinski definition) is 7. The zero-order valence-corrected chi connectivity index (χ0v) is 17.0. The number of nitrogens with one attached hydrogen (secondary N) is 1. The van der Waals surface area contributed by atoms with Crippen LogP contribution in [-0.2, 0) is 11.2 Å². The molecule has 8 nitrogen and oxygen atoms in total. The van der Waals surface area contributed by atoms with E-state index in [1.807, 2.05) is 18.3 Å². The predicted molar refractivity (Wildman–Crippen MR) is 109 cm³/mol. The van der Waals surface area contributed by atoms with Crippen LogP contribution in [0.15, 0.2) is 24.4 Å². The van der Waals surface area contributed by atoms with Crippen molar-refractivity contribution in [3.63, 3.8) is 0 Å². The fourth-order valence-corrected chi connectivity index (χ4v) is 3.83. The number of nitrogens with zero attached hydrogens (tertiary/aromatic N) is 1. The maximum Gasteiger partial charge on any atom is 0.229 e. The van der Waals surface area contributed by atoms with Crippen molar-refractivity contribution in [1.82, 2.24) is 9.88 Å². The third kappa shape index (κ3) is 4.74. The standard InChI is InChI=1S/C21H32N2O6/c1-3-9-23(4-2)10-8-13-11-22-14-6-5-7-15(17(13)14)28-21-20(27)19(26)18(25)16(12-24)29-21/h5-7,11,16,18-22,24-27H,3-4,8-10,12H2,1-2H3/t16-,18-,19+,20-,21?/m1/s1. The van der Waals surface area contributed by atoms with E-state index in [1.54, 1.807) is 6.07 Å². The zero-order valence-electron chi connectivity index (χ0n) is 17.0. The molecule has 1 fully saturated rings. The molecule has 2 heterocycles. The van der Waals surface area contributed by atoms with Crippen LogP contribution in [0.5, 0.6) is 5.75 Å². The molecule has 8 heteroatoms. The van der Waals surface area contributed by atoms with E-state index < -0.39 is 37.3 Å². The largest absolute Gasteiger partial charge is 0.461 e. The molecule has 0 spiro atoms. The minimum absolute atomic E-state index is 0.491. The van der Waals surface area contributed by atoms with Crippen LogP contribution in [0.25, 0.3) is 10.9 Å². The molecule has 1 aromatic carbocycles. The molecule has 2 aromatic rings. The van der Waals surface area contributed by atoms with Crippen LogP contribution in [0.2, 0.25) is 0 Å². The van der Waals surface area contributed by atoms with Crippen molar-refractivity contribution < 1.29 is 29.9 Å². The summed E-state index contributed by atoms with van der Waals surface area (Å²) in [7, 11) is 0. The molecule has 5 atom stereocenters. The van der Waals surface area contributed by atoms with E-state index >= 15 is 0 Å².